The third-order valence-electron chi connectivity index (χ3n) is 5.80. The molecule has 2 aromatic rings. The maximum atomic E-state index is 10.3. The van der Waals surface area contributed by atoms with Gasteiger partial charge in [-0.15, -0.1) is 0 Å². The third-order valence-corrected chi connectivity index (χ3v) is 5.80. The molecule has 2 aliphatic rings. The van der Waals surface area contributed by atoms with E-state index in [1.165, 1.54) is 12.1 Å². The largest absolute Gasteiger partial charge is 0.508 e. The van der Waals surface area contributed by atoms with Crippen LogP contribution in [-0.4, -0.2) is 26.5 Å². The second-order valence-electron chi connectivity index (χ2n) is 7.76. The summed E-state index contributed by atoms with van der Waals surface area (Å²) < 4.78 is 12.8. The lowest BCUT2D eigenvalue weighted by atomic mass is 9.76. The summed E-state index contributed by atoms with van der Waals surface area (Å²) in [6.45, 7) is 4.18. The van der Waals surface area contributed by atoms with Gasteiger partial charge in [0, 0.05) is 29.7 Å². The third kappa shape index (κ3) is 2.83. The zero-order valence-corrected chi connectivity index (χ0v) is 16.1. The lowest BCUT2D eigenvalue weighted by molar-refractivity contribution is -0.165. The number of hydrogen-bond donors (Lipinski definition) is 4. The van der Waals surface area contributed by atoms with Crippen LogP contribution in [0, 0.1) is 0 Å². The summed E-state index contributed by atoms with van der Waals surface area (Å²) in [7, 11) is 0. The standard InChI is InChI=1S/C22H26O6/c1-3-5-22(6-4-2)15-11-18(26)17(25)9-13(15)21-20(28-22)10-14-16(24)7-12(23)8-19(14)27-21/h7-9,11,20-21,23-26H,3-6,10H2,1-2H3/t20-,21+/m0/s1. The van der Waals surface area contributed by atoms with Gasteiger partial charge in [0.05, 0.1) is 5.60 Å². The van der Waals surface area contributed by atoms with E-state index >= 15 is 0 Å². The van der Waals surface area contributed by atoms with Gasteiger partial charge in [-0.05, 0) is 30.5 Å². The molecule has 0 saturated carbocycles. The Bertz CT molecular complexity index is 900. The van der Waals surface area contributed by atoms with Crippen LogP contribution in [0.1, 0.15) is 62.3 Å². The fourth-order valence-corrected chi connectivity index (χ4v) is 4.71. The summed E-state index contributed by atoms with van der Waals surface area (Å²) in [5.41, 5.74) is 1.63. The topological polar surface area (TPSA) is 99.4 Å². The van der Waals surface area contributed by atoms with Crippen molar-refractivity contribution in [2.45, 2.75) is 63.8 Å². The van der Waals surface area contributed by atoms with Crippen molar-refractivity contribution >= 4 is 0 Å². The zero-order valence-electron chi connectivity index (χ0n) is 16.1. The summed E-state index contributed by atoms with van der Waals surface area (Å²) in [5, 5.41) is 40.4. The van der Waals surface area contributed by atoms with Crippen LogP contribution >= 0.6 is 0 Å². The first-order chi connectivity index (χ1) is 13.4. The molecule has 4 rings (SSSR count). The highest BCUT2D eigenvalue weighted by Crippen LogP contribution is 2.53. The number of rotatable bonds is 4. The number of phenols is 4. The zero-order chi connectivity index (χ0) is 20.1. The lowest BCUT2D eigenvalue weighted by Crippen LogP contribution is -2.46. The van der Waals surface area contributed by atoms with Crippen molar-refractivity contribution in [3.05, 3.63) is 41.0 Å². The van der Waals surface area contributed by atoms with Gasteiger partial charge in [0.25, 0.3) is 0 Å². The predicted molar refractivity (Wildman–Crippen MR) is 103 cm³/mol. The van der Waals surface area contributed by atoms with E-state index in [0.29, 0.717) is 17.7 Å². The van der Waals surface area contributed by atoms with Gasteiger partial charge in [-0.1, -0.05) is 26.7 Å². The van der Waals surface area contributed by atoms with E-state index in [2.05, 4.69) is 13.8 Å². The minimum atomic E-state index is -0.585. The first-order valence-electron chi connectivity index (χ1n) is 9.84. The van der Waals surface area contributed by atoms with Crippen LogP contribution in [0.4, 0.5) is 0 Å². The fourth-order valence-electron chi connectivity index (χ4n) is 4.71. The monoisotopic (exact) mass is 386 g/mol. The number of hydrogen-bond acceptors (Lipinski definition) is 6. The van der Waals surface area contributed by atoms with Crippen molar-refractivity contribution in [2.75, 3.05) is 0 Å². The van der Waals surface area contributed by atoms with Gasteiger partial charge in [-0.3, -0.25) is 0 Å². The Morgan fingerprint density at radius 2 is 1.61 bits per heavy atom. The van der Waals surface area contributed by atoms with Gasteiger partial charge in [0.15, 0.2) is 17.6 Å². The molecule has 0 bridgehead atoms. The minimum absolute atomic E-state index is 0.0204. The minimum Gasteiger partial charge on any atom is -0.508 e. The molecule has 0 aliphatic carbocycles. The van der Waals surface area contributed by atoms with Crippen molar-refractivity contribution in [1.29, 1.82) is 0 Å². The Kier molecular flexibility index (Phi) is 4.54. The Morgan fingerprint density at radius 1 is 0.929 bits per heavy atom. The van der Waals surface area contributed by atoms with Crippen molar-refractivity contribution < 1.29 is 29.9 Å². The number of ether oxygens (including phenoxy) is 2. The molecule has 2 aromatic carbocycles. The second-order valence-corrected chi connectivity index (χ2v) is 7.76. The molecule has 0 fully saturated rings. The van der Waals surface area contributed by atoms with E-state index in [1.807, 2.05) is 0 Å². The van der Waals surface area contributed by atoms with E-state index in [0.717, 1.165) is 36.8 Å². The molecular weight excluding hydrogens is 360 g/mol. The van der Waals surface area contributed by atoms with Crippen LogP contribution in [-0.2, 0) is 16.8 Å². The molecule has 2 atom stereocenters. The predicted octanol–water partition coefficient (Wildman–Crippen LogP) is 4.38. The Morgan fingerprint density at radius 3 is 2.29 bits per heavy atom. The van der Waals surface area contributed by atoms with Gasteiger partial charge >= 0.3 is 0 Å². The van der Waals surface area contributed by atoms with Gasteiger partial charge < -0.3 is 29.9 Å². The first-order valence-corrected chi connectivity index (χ1v) is 9.84. The normalized spacial score (nSPS) is 21.9. The second kappa shape index (κ2) is 6.78. The molecule has 28 heavy (non-hydrogen) atoms. The van der Waals surface area contributed by atoms with Gasteiger partial charge in [-0.25, -0.2) is 0 Å². The Hall–Kier alpha value is -2.60. The maximum Gasteiger partial charge on any atom is 0.157 e. The molecule has 6 nitrogen and oxygen atoms in total. The van der Waals surface area contributed by atoms with Gasteiger partial charge in [0.2, 0.25) is 0 Å². The van der Waals surface area contributed by atoms with Crippen LogP contribution in [0.15, 0.2) is 24.3 Å². The number of fused-ring (bicyclic) bond motifs is 4. The summed E-state index contributed by atoms with van der Waals surface area (Å²) in [4.78, 5) is 0. The molecule has 4 N–H and O–H groups in total. The van der Waals surface area contributed by atoms with E-state index in [1.54, 1.807) is 12.1 Å². The average molecular weight is 386 g/mol. The molecule has 2 aliphatic heterocycles. The number of phenolic OH excluding ortho intramolecular Hbond substituents is 4. The van der Waals surface area contributed by atoms with E-state index in [4.69, 9.17) is 9.47 Å². The van der Waals surface area contributed by atoms with E-state index in [9.17, 15) is 20.4 Å². The van der Waals surface area contributed by atoms with Crippen LogP contribution < -0.4 is 4.74 Å². The molecule has 150 valence electrons. The smallest absolute Gasteiger partial charge is 0.157 e. The molecule has 0 radical (unpaired) electrons. The molecule has 0 unspecified atom stereocenters. The molecule has 0 spiro atoms. The molecule has 6 heteroatoms. The molecular formula is C22H26O6. The summed E-state index contributed by atoms with van der Waals surface area (Å²) in [6.07, 6.45) is 2.92. The van der Waals surface area contributed by atoms with Gasteiger partial charge in [0.1, 0.15) is 23.4 Å². The highest BCUT2D eigenvalue weighted by atomic mass is 16.6. The molecule has 0 saturated heterocycles. The summed E-state index contributed by atoms with van der Waals surface area (Å²) in [5.74, 6) is -0.0721. The van der Waals surface area contributed by atoms with Gasteiger partial charge in [-0.2, -0.15) is 0 Å². The number of aromatic hydroxyl groups is 4. The van der Waals surface area contributed by atoms with E-state index < -0.39 is 11.7 Å². The molecule has 0 amide bonds. The quantitative estimate of drug-likeness (QED) is 0.582. The fraction of sp³-hybridized carbons (Fsp3) is 0.455. The van der Waals surface area contributed by atoms with Crippen molar-refractivity contribution in [1.82, 2.24) is 0 Å². The highest BCUT2D eigenvalue weighted by molar-refractivity contribution is 5.54. The van der Waals surface area contributed by atoms with Crippen LogP contribution in [0.3, 0.4) is 0 Å². The van der Waals surface area contributed by atoms with Crippen LogP contribution in [0.2, 0.25) is 0 Å². The summed E-state index contributed by atoms with van der Waals surface area (Å²) in [6, 6.07) is 5.92. The SMILES string of the molecule is CCCC1(CCC)O[C@H]2Cc3c(O)cc(O)cc3O[C@@H]2c2cc(O)c(O)cc21. The van der Waals surface area contributed by atoms with Crippen LogP contribution in [0.5, 0.6) is 28.7 Å². The maximum absolute atomic E-state index is 10.3. The number of benzene rings is 2. The van der Waals surface area contributed by atoms with Crippen LogP contribution in [0.25, 0.3) is 0 Å². The lowest BCUT2D eigenvalue weighted by Gasteiger charge is -2.48. The Balaban J connectivity index is 1.88. The van der Waals surface area contributed by atoms with Crippen molar-refractivity contribution in [3.8, 4) is 28.7 Å². The highest BCUT2D eigenvalue weighted by Gasteiger charge is 2.48. The average Bonchev–Trinajstić information content (AvgIpc) is 2.63. The molecule has 2 heterocycles. The summed E-state index contributed by atoms with van der Waals surface area (Å²) >= 11 is 0. The first kappa shape index (κ1) is 18.7. The Labute approximate surface area is 164 Å². The van der Waals surface area contributed by atoms with Crippen molar-refractivity contribution in [3.63, 3.8) is 0 Å². The van der Waals surface area contributed by atoms with E-state index in [-0.39, 0.29) is 29.1 Å². The molecule has 0 aromatic heterocycles. The van der Waals surface area contributed by atoms with Crippen molar-refractivity contribution in [2.24, 2.45) is 0 Å².